The number of hydrogen-bond acceptors (Lipinski definition) is 7. The van der Waals surface area contributed by atoms with E-state index in [1.54, 1.807) is 13.4 Å². The highest BCUT2D eigenvalue weighted by molar-refractivity contribution is 5.85. The first-order valence-corrected chi connectivity index (χ1v) is 6.96. The van der Waals surface area contributed by atoms with E-state index in [1.807, 2.05) is 6.92 Å². The summed E-state index contributed by atoms with van der Waals surface area (Å²) in [6.07, 6.45) is 2.60. The third-order valence-electron chi connectivity index (χ3n) is 3.98. The van der Waals surface area contributed by atoms with Crippen molar-refractivity contribution in [3.63, 3.8) is 0 Å². The summed E-state index contributed by atoms with van der Waals surface area (Å²) in [6.45, 7) is 4.27. The van der Waals surface area contributed by atoms with Crippen molar-refractivity contribution in [2.75, 3.05) is 37.0 Å². The molecule has 118 valence electrons. The smallest absolute Gasteiger partial charge is 0.204 e. The molecule has 0 unspecified atom stereocenters. The Labute approximate surface area is 130 Å². The van der Waals surface area contributed by atoms with E-state index < -0.39 is 0 Å². The number of anilines is 2. The quantitative estimate of drug-likeness (QED) is 0.846. The Morgan fingerprint density at radius 2 is 2.33 bits per heavy atom. The zero-order valence-electron chi connectivity index (χ0n) is 12.3. The minimum Gasteiger partial charge on any atom is -0.484 e. The summed E-state index contributed by atoms with van der Waals surface area (Å²) in [6, 6.07) is 0.300. The van der Waals surface area contributed by atoms with Gasteiger partial charge in [-0.3, -0.25) is 0 Å². The number of rotatable bonds is 3. The fraction of sp³-hybridized carbons (Fsp3) is 0.692. The maximum Gasteiger partial charge on any atom is 0.204 e. The van der Waals surface area contributed by atoms with Gasteiger partial charge in [-0.15, -0.1) is 12.4 Å². The summed E-state index contributed by atoms with van der Waals surface area (Å²) in [7, 11) is 1.69. The van der Waals surface area contributed by atoms with Gasteiger partial charge in [-0.1, -0.05) is 0 Å². The molecule has 0 amide bonds. The van der Waals surface area contributed by atoms with Crippen LogP contribution >= 0.6 is 12.4 Å². The van der Waals surface area contributed by atoms with Crippen molar-refractivity contribution in [1.82, 2.24) is 9.97 Å². The normalized spacial score (nSPS) is 25.4. The van der Waals surface area contributed by atoms with E-state index in [0.29, 0.717) is 6.61 Å². The van der Waals surface area contributed by atoms with Gasteiger partial charge < -0.3 is 25.4 Å². The lowest BCUT2D eigenvalue weighted by Crippen LogP contribution is -2.41. The van der Waals surface area contributed by atoms with Crippen LogP contribution in [-0.4, -0.2) is 55.0 Å². The van der Waals surface area contributed by atoms with Crippen molar-refractivity contribution in [1.29, 1.82) is 0 Å². The molecular weight excluding hydrogens is 294 g/mol. The van der Waals surface area contributed by atoms with Gasteiger partial charge >= 0.3 is 0 Å². The number of nitrogens with zero attached hydrogens (tertiary/aromatic N) is 3. The average molecular weight is 316 g/mol. The van der Waals surface area contributed by atoms with Crippen molar-refractivity contribution >= 4 is 24.0 Å². The number of fused-ring (bicyclic) bond motifs is 1. The first kappa shape index (κ1) is 16.1. The van der Waals surface area contributed by atoms with Gasteiger partial charge in [-0.05, 0) is 13.3 Å². The van der Waals surface area contributed by atoms with Gasteiger partial charge in [0.25, 0.3) is 0 Å². The molecule has 2 aliphatic rings. The van der Waals surface area contributed by atoms with E-state index in [-0.39, 0.29) is 30.6 Å². The van der Waals surface area contributed by atoms with E-state index in [1.165, 1.54) is 0 Å². The van der Waals surface area contributed by atoms with E-state index in [0.717, 1.165) is 36.9 Å². The minimum absolute atomic E-state index is 0. The molecule has 1 fully saturated rings. The highest BCUT2D eigenvalue weighted by atomic mass is 35.5. The Morgan fingerprint density at radius 1 is 1.52 bits per heavy atom. The maximum atomic E-state index is 5.96. The highest BCUT2D eigenvalue weighted by Gasteiger charge is 2.30. The van der Waals surface area contributed by atoms with Gasteiger partial charge in [-0.25, -0.2) is 9.97 Å². The monoisotopic (exact) mass is 315 g/mol. The second-order valence-electron chi connectivity index (χ2n) is 5.37. The summed E-state index contributed by atoms with van der Waals surface area (Å²) >= 11 is 0. The average Bonchev–Trinajstić information content (AvgIpc) is 2.91. The highest BCUT2D eigenvalue weighted by Crippen LogP contribution is 2.36. The van der Waals surface area contributed by atoms with Crippen molar-refractivity contribution < 1.29 is 9.47 Å². The van der Waals surface area contributed by atoms with Gasteiger partial charge in [-0.2, -0.15) is 0 Å². The molecule has 21 heavy (non-hydrogen) atoms. The fourth-order valence-corrected chi connectivity index (χ4v) is 2.61. The van der Waals surface area contributed by atoms with Crippen LogP contribution in [-0.2, 0) is 4.74 Å². The summed E-state index contributed by atoms with van der Waals surface area (Å²) in [5.41, 5.74) is 5.96. The topological polar surface area (TPSA) is 85.5 Å². The molecule has 3 heterocycles. The van der Waals surface area contributed by atoms with Crippen molar-refractivity contribution in [3.05, 3.63) is 6.33 Å². The second-order valence-corrected chi connectivity index (χ2v) is 5.37. The summed E-state index contributed by atoms with van der Waals surface area (Å²) in [5, 5.41) is 3.36. The molecule has 0 aromatic carbocycles. The Hall–Kier alpha value is -1.31. The lowest BCUT2D eigenvalue weighted by molar-refractivity contribution is 0.0804. The van der Waals surface area contributed by atoms with Gasteiger partial charge in [0.2, 0.25) is 5.75 Å². The molecule has 0 radical (unpaired) electrons. The molecule has 1 aromatic heterocycles. The van der Waals surface area contributed by atoms with Crippen LogP contribution in [0.3, 0.4) is 0 Å². The molecule has 0 bridgehead atoms. The Balaban J connectivity index is 0.00000161. The first-order valence-electron chi connectivity index (χ1n) is 6.96. The third-order valence-corrected chi connectivity index (χ3v) is 3.98. The van der Waals surface area contributed by atoms with Gasteiger partial charge in [0.1, 0.15) is 12.9 Å². The second kappa shape index (κ2) is 6.64. The number of nitrogens with one attached hydrogen (secondary N) is 1. The molecule has 1 aromatic rings. The Morgan fingerprint density at radius 3 is 3.00 bits per heavy atom. The maximum absolute atomic E-state index is 5.96. The van der Waals surface area contributed by atoms with Crippen molar-refractivity contribution in [2.24, 2.45) is 5.73 Å². The van der Waals surface area contributed by atoms with Crippen molar-refractivity contribution in [2.45, 2.75) is 31.5 Å². The fourth-order valence-electron chi connectivity index (χ4n) is 2.61. The first-order chi connectivity index (χ1) is 9.69. The van der Waals surface area contributed by atoms with Crippen LogP contribution < -0.4 is 20.7 Å². The van der Waals surface area contributed by atoms with E-state index in [4.69, 9.17) is 15.2 Å². The summed E-state index contributed by atoms with van der Waals surface area (Å²) in [4.78, 5) is 10.8. The molecular formula is C13H22ClN5O2. The Bertz CT molecular complexity index is 490. The molecule has 0 saturated carbocycles. The molecule has 2 aliphatic heterocycles. The number of ether oxygens (including phenoxy) is 2. The molecule has 3 rings (SSSR count). The van der Waals surface area contributed by atoms with Gasteiger partial charge in [0.15, 0.2) is 11.6 Å². The molecule has 0 spiro atoms. The standard InChI is InChI=1S/C13H21N5O2.ClH/c1-8(19-2)10-6-20-11-12(17-10)15-7-16-13(11)18-4-3-9(14)5-18;/h7-10H,3-6,14H2,1-2H3,(H,15,16,17);1H/t8-,9-,10+;/m1./s1. The van der Waals surface area contributed by atoms with Crippen LogP contribution in [0.4, 0.5) is 11.6 Å². The number of halogens is 1. The molecule has 3 N–H and O–H groups in total. The molecule has 0 aliphatic carbocycles. The van der Waals surface area contributed by atoms with E-state index in [9.17, 15) is 0 Å². The number of methoxy groups -OCH3 is 1. The van der Waals surface area contributed by atoms with E-state index in [2.05, 4.69) is 20.2 Å². The lowest BCUT2D eigenvalue weighted by atomic mass is 10.1. The predicted octanol–water partition coefficient (Wildman–Crippen LogP) is 0.644. The molecule has 7 nitrogen and oxygen atoms in total. The number of nitrogens with two attached hydrogens (primary N) is 1. The minimum atomic E-state index is 0. The number of aromatic nitrogens is 2. The number of hydrogen-bond donors (Lipinski definition) is 2. The third kappa shape index (κ3) is 3.14. The molecule has 3 atom stereocenters. The predicted molar refractivity (Wildman–Crippen MR) is 83.5 cm³/mol. The zero-order chi connectivity index (χ0) is 14.1. The lowest BCUT2D eigenvalue weighted by Gasteiger charge is -2.31. The molecule has 1 saturated heterocycles. The van der Waals surface area contributed by atoms with Crippen LogP contribution in [0.1, 0.15) is 13.3 Å². The SMILES string of the molecule is CO[C@H](C)[C@@H]1COc2c(ncnc2N2CC[C@@H](N)C2)N1.Cl. The van der Waals surface area contributed by atoms with Crippen LogP contribution in [0, 0.1) is 0 Å². The van der Waals surface area contributed by atoms with Crippen LogP contribution in [0.2, 0.25) is 0 Å². The molecule has 8 heteroatoms. The largest absolute Gasteiger partial charge is 0.484 e. The summed E-state index contributed by atoms with van der Waals surface area (Å²) in [5.74, 6) is 2.29. The van der Waals surface area contributed by atoms with Crippen LogP contribution in [0.25, 0.3) is 0 Å². The van der Waals surface area contributed by atoms with E-state index >= 15 is 0 Å². The van der Waals surface area contributed by atoms with Crippen molar-refractivity contribution in [3.8, 4) is 5.75 Å². The van der Waals surface area contributed by atoms with Crippen LogP contribution in [0.5, 0.6) is 5.75 Å². The van der Waals surface area contributed by atoms with Gasteiger partial charge in [0, 0.05) is 26.2 Å². The summed E-state index contributed by atoms with van der Waals surface area (Å²) < 4.78 is 11.2. The Kier molecular flexibility index (Phi) is 5.08. The zero-order valence-corrected chi connectivity index (χ0v) is 13.1. The van der Waals surface area contributed by atoms with Crippen LogP contribution in [0.15, 0.2) is 6.33 Å². The van der Waals surface area contributed by atoms with Gasteiger partial charge in [0.05, 0.1) is 12.1 Å².